The second-order valence-corrected chi connectivity index (χ2v) is 6.68. The fourth-order valence-electron chi connectivity index (χ4n) is 2.28. The number of sulfonamides is 1. The minimum absolute atomic E-state index is 0. The third-order valence-corrected chi connectivity index (χ3v) is 4.65. The molecule has 1 fully saturated rings. The van der Waals surface area contributed by atoms with Crippen LogP contribution >= 0.6 is 12.4 Å². The summed E-state index contributed by atoms with van der Waals surface area (Å²) < 4.78 is 31.8. The first-order chi connectivity index (χ1) is 9.03. The SMILES string of the molecule is Cl.NC1CC(NS(=O)(=O)Cc2noc3ccccc23)C1. The van der Waals surface area contributed by atoms with Crippen LogP contribution in [0.5, 0.6) is 0 Å². The second kappa shape index (κ2) is 5.69. The third kappa shape index (κ3) is 3.12. The van der Waals surface area contributed by atoms with Crippen LogP contribution in [0, 0.1) is 0 Å². The van der Waals surface area contributed by atoms with Crippen LogP contribution in [0.3, 0.4) is 0 Å². The highest BCUT2D eigenvalue weighted by atomic mass is 35.5. The molecule has 0 aliphatic heterocycles. The molecule has 0 amide bonds. The van der Waals surface area contributed by atoms with Crippen molar-refractivity contribution >= 4 is 33.4 Å². The number of nitrogens with one attached hydrogen (secondary N) is 1. The topological polar surface area (TPSA) is 98.2 Å². The molecule has 1 heterocycles. The van der Waals surface area contributed by atoms with E-state index in [-0.39, 0.29) is 30.2 Å². The molecule has 1 aromatic carbocycles. The Balaban J connectivity index is 0.00000147. The van der Waals surface area contributed by atoms with Crippen LogP contribution in [0.1, 0.15) is 18.5 Å². The molecular formula is C12H16ClN3O3S. The van der Waals surface area contributed by atoms with E-state index in [0.717, 1.165) is 5.39 Å². The van der Waals surface area contributed by atoms with Gasteiger partial charge in [0.25, 0.3) is 0 Å². The van der Waals surface area contributed by atoms with E-state index in [2.05, 4.69) is 9.88 Å². The largest absolute Gasteiger partial charge is 0.356 e. The zero-order valence-electron chi connectivity index (χ0n) is 10.7. The van der Waals surface area contributed by atoms with Crippen molar-refractivity contribution in [3.63, 3.8) is 0 Å². The van der Waals surface area contributed by atoms with E-state index in [9.17, 15) is 8.42 Å². The van der Waals surface area contributed by atoms with E-state index in [4.69, 9.17) is 10.3 Å². The molecule has 0 unspecified atom stereocenters. The molecule has 8 heteroatoms. The molecule has 0 spiro atoms. The summed E-state index contributed by atoms with van der Waals surface area (Å²) in [6.07, 6.45) is 1.39. The number of halogens is 1. The van der Waals surface area contributed by atoms with E-state index in [1.54, 1.807) is 12.1 Å². The van der Waals surface area contributed by atoms with Crippen LogP contribution in [-0.4, -0.2) is 25.7 Å². The Morgan fingerprint density at radius 1 is 1.35 bits per heavy atom. The normalized spacial score (nSPS) is 22.2. The predicted molar refractivity (Wildman–Crippen MR) is 78.0 cm³/mol. The quantitative estimate of drug-likeness (QED) is 0.881. The van der Waals surface area contributed by atoms with E-state index in [1.165, 1.54) is 0 Å². The fourth-order valence-corrected chi connectivity index (χ4v) is 3.63. The van der Waals surface area contributed by atoms with Gasteiger partial charge >= 0.3 is 0 Å². The van der Waals surface area contributed by atoms with Gasteiger partial charge in [0.1, 0.15) is 11.4 Å². The minimum Gasteiger partial charge on any atom is -0.356 e. The molecule has 0 bridgehead atoms. The van der Waals surface area contributed by atoms with Gasteiger partial charge in [-0.15, -0.1) is 12.4 Å². The van der Waals surface area contributed by atoms with Crippen molar-refractivity contribution in [3.05, 3.63) is 30.0 Å². The van der Waals surface area contributed by atoms with Crippen LogP contribution in [0.2, 0.25) is 0 Å². The summed E-state index contributed by atoms with van der Waals surface area (Å²) in [6, 6.07) is 7.28. The van der Waals surface area contributed by atoms with Crippen LogP contribution in [-0.2, 0) is 15.8 Å². The lowest BCUT2D eigenvalue weighted by Gasteiger charge is -2.32. The molecule has 0 saturated heterocycles. The number of rotatable bonds is 4. The molecule has 2 aromatic rings. The first-order valence-corrected chi connectivity index (χ1v) is 7.77. The Morgan fingerprint density at radius 3 is 2.75 bits per heavy atom. The number of nitrogens with zero attached hydrogens (tertiary/aromatic N) is 1. The summed E-state index contributed by atoms with van der Waals surface area (Å²) in [4.78, 5) is 0. The first-order valence-electron chi connectivity index (χ1n) is 6.12. The molecule has 1 aliphatic rings. The Hall–Kier alpha value is -1.15. The lowest BCUT2D eigenvalue weighted by Crippen LogP contribution is -2.50. The average molecular weight is 318 g/mol. The Morgan fingerprint density at radius 2 is 2.05 bits per heavy atom. The summed E-state index contributed by atoms with van der Waals surface area (Å²) in [7, 11) is -3.41. The van der Waals surface area contributed by atoms with Crippen molar-refractivity contribution in [1.82, 2.24) is 9.88 Å². The molecule has 3 rings (SSSR count). The molecule has 1 aliphatic carbocycles. The second-order valence-electron chi connectivity index (χ2n) is 4.93. The summed E-state index contributed by atoms with van der Waals surface area (Å²) in [5, 5.41) is 4.56. The van der Waals surface area contributed by atoms with Crippen LogP contribution in [0.4, 0.5) is 0 Å². The van der Waals surface area contributed by atoms with Gasteiger partial charge in [-0.1, -0.05) is 17.3 Å². The van der Waals surface area contributed by atoms with Crippen molar-refractivity contribution in [3.8, 4) is 0 Å². The highest BCUT2D eigenvalue weighted by Gasteiger charge is 2.30. The molecule has 20 heavy (non-hydrogen) atoms. The smallest absolute Gasteiger partial charge is 0.217 e. The average Bonchev–Trinajstić information content (AvgIpc) is 2.70. The van der Waals surface area contributed by atoms with Gasteiger partial charge in [0, 0.05) is 17.5 Å². The van der Waals surface area contributed by atoms with Crippen molar-refractivity contribution in [2.45, 2.75) is 30.7 Å². The van der Waals surface area contributed by atoms with E-state index in [1.807, 2.05) is 12.1 Å². The van der Waals surface area contributed by atoms with Crippen LogP contribution in [0.25, 0.3) is 11.0 Å². The number of aromatic nitrogens is 1. The number of nitrogens with two attached hydrogens (primary N) is 1. The number of benzene rings is 1. The van der Waals surface area contributed by atoms with E-state index >= 15 is 0 Å². The summed E-state index contributed by atoms with van der Waals surface area (Å²) in [5.74, 6) is -0.171. The molecule has 1 aromatic heterocycles. The number of para-hydroxylation sites is 1. The fraction of sp³-hybridized carbons (Fsp3) is 0.417. The van der Waals surface area contributed by atoms with Crippen LogP contribution < -0.4 is 10.5 Å². The van der Waals surface area contributed by atoms with Gasteiger partial charge in [-0.2, -0.15) is 0 Å². The minimum atomic E-state index is -3.41. The van der Waals surface area contributed by atoms with E-state index < -0.39 is 10.0 Å². The number of hydrogen-bond acceptors (Lipinski definition) is 5. The van der Waals surface area contributed by atoms with Gasteiger partial charge in [0.05, 0.1) is 0 Å². The van der Waals surface area contributed by atoms with Crippen molar-refractivity contribution in [2.24, 2.45) is 5.73 Å². The number of fused-ring (bicyclic) bond motifs is 1. The molecule has 110 valence electrons. The Labute approximate surface area is 123 Å². The maximum atomic E-state index is 12.0. The number of hydrogen-bond donors (Lipinski definition) is 2. The van der Waals surface area contributed by atoms with Gasteiger partial charge in [-0.25, -0.2) is 13.1 Å². The molecule has 6 nitrogen and oxygen atoms in total. The standard InChI is InChI=1S/C12H15N3O3S.ClH/c13-8-5-9(6-8)15-19(16,17)7-11-10-3-1-2-4-12(10)18-14-11;/h1-4,8-9,15H,5-7,13H2;1H. The molecule has 1 saturated carbocycles. The van der Waals surface area contributed by atoms with Gasteiger partial charge in [-0.05, 0) is 25.0 Å². The molecule has 0 atom stereocenters. The first kappa shape index (κ1) is 15.2. The maximum absolute atomic E-state index is 12.0. The predicted octanol–water partition coefficient (Wildman–Crippen LogP) is 1.16. The summed E-state index contributed by atoms with van der Waals surface area (Å²) in [6.45, 7) is 0. The Bertz CT molecular complexity index is 695. The van der Waals surface area contributed by atoms with Crippen LogP contribution in [0.15, 0.2) is 28.8 Å². The van der Waals surface area contributed by atoms with Gasteiger partial charge in [0.2, 0.25) is 10.0 Å². The summed E-state index contributed by atoms with van der Waals surface area (Å²) in [5.41, 5.74) is 6.67. The highest BCUT2D eigenvalue weighted by Crippen LogP contribution is 2.22. The van der Waals surface area contributed by atoms with Gasteiger partial charge in [-0.3, -0.25) is 0 Å². The van der Waals surface area contributed by atoms with Crippen molar-refractivity contribution in [1.29, 1.82) is 0 Å². The van der Waals surface area contributed by atoms with Gasteiger partial charge in [0.15, 0.2) is 5.58 Å². The summed E-state index contributed by atoms with van der Waals surface area (Å²) >= 11 is 0. The van der Waals surface area contributed by atoms with Crippen molar-refractivity contribution < 1.29 is 12.9 Å². The zero-order chi connectivity index (χ0) is 13.5. The molecule has 0 radical (unpaired) electrons. The molecular weight excluding hydrogens is 302 g/mol. The molecule has 3 N–H and O–H groups in total. The monoisotopic (exact) mass is 317 g/mol. The highest BCUT2D eigenvalue weighted by molar-refractivity contribution is 7.88. The Kier molecular flexibility index (Phi) is 4.33. The lowest BCUT2D eigenvalue weighted by atomic mass is 9.89. The van der Waals surface area contributed by atoms with Crippen molar-refractivity contribution in [2.75, 3.05) is 0 Å². The lowest BCUT2D eigenvalue weighted by molar-refractivity contribution is 0.327. The zero-order valence-corrected chi connectivity index (χ0v) is 12.3. The third-order valence-electron chi connectivity index (χ3n) is 3.30. The van der Waals surface area contributed by atoms with Gasteiger partial charge < -0.3 is 10.3 Å². The van der Waals surface area contributed by atoms with E-state index in [0.29, 0.717) is 24.1 Å². The maximum Gasteiger partial charge on any atom is 0.217 e.